The Morgan fingerprint density at radius 2 is 2.00 bits per heavy atom. The highest BCUT2D eigenvalue weighted by Crippen LogP contribution is 2.12. The van der Waals surface area contributed by atoms with Crippen LogP contribution in [0, 0.1) is 13.8 Å². The second kappa shape index (κ2) is 5.14. The second-order valence-corrected chi connectivity index (χ2v) is 4.30. The van der Waals surface area contributed by atoms with Crippen LogP contribution in [0.15, 0.2) is 30.5 Å². The summed E-state index contributed by atoms with van der Waals surface area (Å²) < 4.78 is 0. The average molecular weight is 262 g/mol. The lowest BCUT2D eigenvalue weighted by Gasteiger charge is -2.06. The molecule has 2 rings (SSSR count). The van der Waals surface area contributed by atoms with Gasteiger partial charge in [-0.15, -0.1) is 0 Å². The molecule has 0 fully saturated rings. The first-order valence-electron chi connectivity index (χ1n) is 5.43. The lowest BCUT2D eigenvalue weighted by molar-refractivity contribution is 0.102. The number of hydrogen-bond acceptors (Lipinski definition) is 3. The van der Waals surface area contributed by atoms with E-state index in [0.29, 0.717) is 11.4 Å². The highest BCUT2D eigenvalue weighted by atomic mass is 35.5. The van der Waals surface area contributed by atoms with Crippen molar-refractivity contribution in [2.24, 2.45) is 0 Å². The molecule has 0 radical (unpaired) electrons. The molecule has 1 N–H and O–H groups in total. The Balaban J connectivity index is 2.19. The molecular formula is C13H12ClN3O. The molecule has 0 saturated carbocycles. The number of nitrogens with one attached hydrogen (secondary N) is 1. The van der Waals surface area contributed by atoms with Crippen molar-refractivity contribution in [2.75, 3.05) is 5.32 Å². The van der Waals surface area contributed by atoms with Crippen molar-refractivity contribution >= 4 is 23.3 Å². The van der Waals surface area contributed by atoms with Crippen molar-refractivity contribution in [1.29, 1.82) is 0 Å². The van der Waals surface area contributed by atoms with E-state index in [2.05, 4.69) is 15.3 Å². The zero-order valence-corrected chi connectivity index (χ0v) is 10.8. The minimum atomic E-state index is -0.215. The van der Waals surface area contributed by atoms with E-state index in [0.717, 1.165) is 11.1 Å². The minimum absolute atomic E-state index is 0.105. The molecule has 4 nitrogen and oxygen atoms in total. The number of amides is 1. The first kappa shape index (κ1) is 12.5. The largest absolute Gasteiger partial charge is 0.306 e. The Kier molecular flexibility index (Phi) is 3.58. The Labute approximate surface area is 110 Å². The van der Waals surface area contributed by atoms with E-state index in [4.69, 9.17) is 11.6 Å². The van der Waals surface area contributed by atoms with Gasteiger partial charge in [0.2, 0.25) is 5.28 Å². The zero-order chi connectivity index (χ0) is 13.1. The number of halogens is 1. The van der Waals surface area contributed by atoms with Crippen LogP contribution in [-0.4, -0.2) is 15.9 Å². The Bertz CT molecular complexity index is 599. The van der Waals surface area contributed by atoms with Gasteiger partial charge >= 0.3 is 0 Å². The molecule has 0 aliphatic heterocycles. The van der Waals surface area contributed by atoms with Gasteiger partial charge in [0.05, 0.1) is 0 Å². The van der Waals surface area contributed by atoms with E-state index in [1.165, 1.54) is 6.20 Å². The molecule has 1 amide bonds. The number of nitrogens with zero attached hydrogens (tertiary/aromatic N) is 2. The number of carbonyl (C=O) groups excluding carboxylic acids is 1. The normalized spacial score (nSPS) is 10.2. The first-order chi connectivity index (χ1) is 8.56. The van der Waals surface area contributed by atoms with E-state index in [-0.39, 0.29) is 11.2 Å². The molecule has 18 heavy (non-hydrogen) atoms. The van der Waals surface area contributed by atoms with Gasteiger partial charge in [-0.2, -0.15) is 0 Å². The van der Waals surface area contributed by atoms with Crippen LogP contribution in [0.2, 0.25) is 5.28 Å². The van der Waals surface area contributed by atoms with Crippen molar-refractivity contribution in [2.45, 2.75) is 13.8 Å². The lowest BCUT2D eigenvalue weighted by Crippen LogP contribution is -2.13. The molecule has 0 saturated heterocycles. The monoisotopic (exact) mass is 261 g/mol. The summed E-state index contributed by atoms with van der Waals surface area (Å²) in [5.74, 6) is 0.172. The van der Waals surface area contributed by atoms with Crippen LogP contribution in [0.1, 0.15) is 21.5 Å². The van der Waals surface area contributed by atoms with Gasteiger partial charge < -0.3 is 5.32 Å². The van der Waals surface area contributed by atoms with Crippen LogP contribution in [0.25, 0.3) is 0 Å². The van der Waals surface area contributed by atoms with Gasteiger partial charge in [0, 0.05) is 11.8 Å². The predicted molar refractivity (Wildman–Crippen MR) is 70.9 cm³/mol. The van der Waals surface area contributed by atoms with Gasteiger partial charge in [-0.3, -0.25) is 4.79 Å². The summed E-state index contributed by atoms with van der Waals surface area (Å²) in [5, 5.41) is 2.78. The molecule has 0 atom stereocenters. The summed E-state index contributed by atoms with van der Waals surface area (Å²) >= 11 is 5.65. The van der Waals surface area contributed by atoms with E-state index in [1.807, 2.05) is 26.0 Å². The molecule has 1 aromatic carbocycles. The van der Waals surface area contributed by atoms with Crippen LogP contribution < -0.4 is 5.32 Å². The van der Waals surface area contributed by atoms with Crippen LogP contribution in [0.3, 0.4) is 0 Å². The molecule has 1 heterocycles. The third-order valence-electron chi connectivity index (χ3n) is 2.64. The van der Waals surface area contributed by atoms with E-state index >= 15 is 0 Å². The zero-order valence-electron chi connectivity index (χ0n) is 10.1. The van der Waals surface area contributed by atoms with Crippen molar-refractivity contribution in [3.8, 4) is 0 Å². The maximum absolute atomic E-state index is 12.0. The molecule has 5 heteroatoms. The summed E-state index contributed by atoms with van der Waals surface area (Å²) in [5.41, 5.74) is 2.81. The van der Waals surface area contributed by atoms with Crippen LogP contribution in [0.4, 0.5) is 5.82 Å². The molecular weight excluding hydrogens is 250 g/mol. The van der Waals surface area contributed by atoms with E-state index < -0.39 is 0 Å². The topological polar surface area (TPSA) is 54.9 Å². The van der Waals surface area contributed by atoms with Gasteiger partial charge in [-0.1, -0.05) is 6.07 Å². The molecule has 0 aliphatic carbocycles. The molecule has 0 unspecified atom stereocenters. The summed E-state index contributed by atoms with van der Waals surface area (Å²) in [6, 6.07) is 7.12. The smallest absolute Gasteiger partial charge is 0.256 e. The van der Waals surface area contributed by atoms with Crippen molar-refractivity contribution in [3.63, 3.8) is 0 Å². The van der Waals surface area contributed by atoms with Crippen LogP contribution >= 0.6 is 11.6 Å². The highest BCUT2D eigenvalue weighted by molar-refractivity contribution is 6.28. The summed E-state index contributed by atoms with van der Waals surface area (Å²) in [6.45, 7) is 3.97. The Hall–Kier alpha value is -1.94. The average Bonchev–Trinajstić information content (AvgIpc) is 2.32. The Morgan fingerprint density at radius 1 is 1.22 bits per heavy atom. The molecule has 0 spiro atoms. The molecule has 1 aromatic heterocycles. The fraction of sp³-hybridized carbons (Fsp3) is 0.154. The number of benzene rings is 1. The highest BCUT2D eigenvalue weighted by Gasteiger charge is 2.08. The van der Waals surface area contributed by atoms with E-state index in [9.17, 15) is 4.79 Å². The molecule has 92 valence electrons. The summed E-state index contributed by atoms with van der Waals surface area (Å²) in [4.78, 5) is 19.6. The number of aromatic nitrogens is 2. The van der Waals surface area contributed by atoms with Crippen molar-refractivity contribution in [3.05, 3.63) is 52.4 Å². The summed E-state index contributed by atoms with van der Waals surface area (Å²) in [7, 11) is 0. The van der Waals surface area contributed by atoms with Gasteiger partial charge in [0.1, 0.15) is 5.82 Å². The fourth-order valence-corrected chi connectivity index (χ4v) is 1.62. The quantitative estimate of drug-likeness (QED) is 0.846. The number of carbonyl (C=O) groups is 1. The number of aryl methyl sites for hydroxylation is 2. The van der Waals surface area contributed by atoms with Crippen LogP contribution in [0.5, 0.6) is 0 Å². The maximum Gasteiger partial charge on any atom is 0.256 e. The molecule has 0 bridgehead atoms. The third kappa shape index (κ3) is 2.84. The molecule has 0 aliphatic rings. The van der Waals surface area contributed by atoms with Gasteiger partial charge in [-0.25, -0.2) is 9.97 Å². The standard InChI is InChI=1S/C13H12ClN3O/c1-8-3-4-10(7-9(8)2)12(18)16-11-5-6-15-13(14)17-11/h3-7H,1-2H3,(H,15,16,17,18). The minimum Gasteiger partial charge on any atom is -0.306 e. The van der Waals surface area contributed by atoms with Crippen molar-refractivity contribution < 1.29 is 4.79 Å². The summed E-state index contributed by atoms with van der Waals surface area (Å²) in [6.07, 6.45) is 1.49. The SMILES string of the molecule is Cc1ccc(C(=O)Nc2ccnc(Cl)n2)cc1C. The maximum atomic E-state index is 12.0. The van der Waals surface area contributed by atoms with Gasteiger partial charge in [0.25, 0.3) is 5.91 Å². The number of hydrogen-bond donors (Lipinski definition) is 1. The van der Waals surface area contributed by atoms with Gasteiger partial charge in [0.15, 0.2) is 0 Å². The first-order valence-corrected chi connectivity index (χ1v) is 5.81. The third-order valence-corrected chi connectivity index (χ3v) is 2.82. The predicted octanol–water partition coefficient (Wildman–Crippen LogP) is 3.00. The number of anilines is 1. The van der Waals surface area contributed by atoms with Crippen molar-refractivity contribution in [1.82, 2.24) is 9.97 Å². The Morgan fingerprint density at radius 3 is 2.67 bits per heavy atom. The van der Waals surface area contributed by atoms with Gasteiger partial charge in [-0.05, 0) is 54.8 Å². The number of rotatable bonds is 2. The lowest BCUT2D eigenvalue weighted by atomic mass is 10.1. The van der Waals surface area contributed by atoms with E-state index in [1.54, 1.807) is 12.1 Å². The van der Waals surface area contributed by atoms with Crippen LogP contribution in [-0.2, 0) is 0 Å². The molecule has 2 aromatic rings. The fourth-order valence-electron chi connectivity index (χ4n) is 1.48. The second-order valence-electron chi connectivity index (χ2n) is 3.96.